The molecule has 0 fully saturated rings. The average molecular weight is 229 g/mol. The van der Waals surface area contributed by atoms with Crippen LogP contribution in [0.4, 0.5) is 5.69 Å². The summed E-state index contributed by atoms with van der Waals surface area (Å²) in [6.07, 6.45) is -0.637. The number of hydrogen-bond acceptors (Lipinski definition) is 4. The molecule has 15 heavy (non-hydrogen) atoms. The van der Waals surface area contributed by atoms with E-state index in [0.29, 0.717) is 17.0 Å². The number of hydrogen-bond donors (Lipinski definition) is 2. The van der Waals surface area contributed by atoms with E-state index < -0.39 is 16.1 Å². The van der Waals surface area contributed by atoms with Gasteiger partial charge in [-0.1, -0.05) is 6.07 Å². The van der Waals surface area contributed by atoms with Gasteiger partial charge in [-0.3, -0.25) is 4.72 Å². The van der Waals surface area contributed by atoms with Crippen LogP contribution >= 0.6 is 0 Å². The van der Waals surface area contributed by atoms with Crippen LogP contribution in [0.2, 0.25) is 0 Å². The van der Waals surface area contributed by atoms with Gasteiger partial charge in [0.25, 0.3) is 10.0 Å². The second kappa shape index (κ2) is 3.39. The number of aliphatic hydroxyl groups excluding tert-OH is 1. The van der Waals surface area contributed by atoms with E-state index in [1.165, 1.54) is 0 Å². The molecule has 0 aliphatic carbocycles. The molecule has 1 unspecified atom stereocenters. The summed E-state index contributed by atoms with van der Waals surface area (Å²) in [4.78, 5) is 0. The van der Waals surface area contributed by atoms with E-state index in [1.54, 1.807) is 25.1 Å². The predicted molar refractivity (Wildman–Crippen MR) is 55.1 cm³/mol. The summed E-state index contributed by atoms with van der Waals surface area (Å²) in [6, 6.07) is 4.90. The first-order valence-electron chi connectivity index (χ1n) is 4.43. The molecule has 0 saturated heterocycles. The summed E-state index contributed by atoms with van der Waals surface area (Å²) in [6.45, 7) is 1.61. The standard InChI is InChI=1S/C9H11NO4S/c1-6(11)7-2-3-9-8(4-7)10-15(12,13)5-14-9/h2-4,6,10-11H,5H2,1H3. The van der Waals surface area contributed by atoms with Crippen molar-refractivity contribution in [1.29, 1.82) is 0 Å². The van der Waals surface area contributed by atoms with Gasteiger partial charge in [0, 0.05) is 0 Å². The Morgan fingerprint density at radius 3 is 2.93 bits per heavy atom. The smallest absolute Gasteiger partial charge is 0.268 e. The average Bonchev–Trinajstić information content (AvgIpc) is 2.15. The van der Waals surface area contributed by atoms with Crippen molar-refractivity contribution >= 4 is 15.7 Å². The van der Waals surface area contributed by atoms with Gasteiger partial charge in [-0.15, -0.1) is 0 Å². The first kappa shape index (κ1) is 10.3. The van der Waals surface area contributed by atoms with E-state index in [2.05, 4.69) is 4.72 Å². The molecule has 5 nitrogen and oxygen atoms in total. The van der Waals surface area contributed by atoms with Gasteiger partial charge >= 0.3 is 0 Å². The zero-order valence-corrected chi connectivity index (χ0v) is 8.91. The van der Waals surface area contributed by atoms with Gasteiger partial charge in [0.1, 0.15) is 5.75 Å². The molecule has 0 amide bonds. The van der Waals surface area contributed by atoms with Crippen LogP contribution in [0.1, 0.15) is 18.6 Å². The molecule has 2 rings (SSSR count). The van der Waals surface area contributed by atoms with Gasteiger partial charge in [-0.2, -0.15) is 0 Å². The molecule has 0 saturated carbocycles. The summed E-state index contributed by atoms with van der Waals surface area (Å²) in [5.74, 6) is 0.114. The normalized spacial score (nSPS) is 19.6. The lowest BCUT2D eigenvalue weighted by Crippen LogP contribution is -2.25. The topological polar surface area (TPSA) is 75.6 Å². The van der Waals surface area contributed by atoms with Crippen molar-refractivity contribution in [2.45, 2.75) is 13.0 Å². The molecule has 82 valence electrons. The molecule has 1 heterocycles. The molecule has 1 atom stereocenters. The minimum Gasteiger partial charge on any atom is -0.474 e. The third-order valence-electron chi connectivity index (χ3n) is 2.12. The Bertz CT molecular complexity index is 481. The highest BCUT2D eigenvalue weighted by atomic mass is 32.2. The molecule has 0 bridgehead atoms. The maximum absolute atomic E-state index is 11.2. The number of benzene rings is 1. The number of ether oxygens (including phenoxy) is 1. The van der Waals surface area contributed by atoms with Crippen molar-refractivity contribution in [3.8, 4) is 5.75 Å². The van der Waals surface area contributed by atoms with Crippen molar-refractivity contribution in [3.63, 3.8) is 0 Å². The van der Waals surface area contributed by atoms with Crippen molar-refractivity contribution < 1.29 is 18.3 Å². The fraction of sp³-hybridized carbons (Fsp3) is 0.333. The van der Waals surface area contributed by atoms with Gasteiger partial charge in [0.05, 0.1) is 11.8 Å². The maximum Gasteiger partial charge on any atom is 0.268 e. The van der Waals surface area contributed by atoms with Gasteiger partial charge < -0.3 is 9.84 Å². The second-order valence-corrected chi connectivity index (χ2v) is 5.08. The Balaban J connectivity index is 2.44. The fourth-order valence-electron chi connectivity index (χ4n) is 1.35. The van der Waals surface area contributed by atoms with Crippen LogP contribution in [-0.2, 0) is 10.0 Å². The highest BCUT2D eigenvalue weighted by molar-refractivity contribution is 7.92. The molecule has 0 aromatic heterocycles. The third-order valence-corrected chi connectivity index (χ3v) is 3.08. The fourth-order valence-corrected chi connectivity index (χ4v) is 2.19. The SMILES string of the molecule is CC(O)c1ccc2c(c1)NS(=O)(=O)CO2. The van der Waals surface area contributed by atoms with Crippen LogP contribution in [0.25, 0.3) is 0 Å². The summed E-state index contributed by atoms with van der Waals surface area (Å²) in [5, 5.41) is 9.34. The minimum absolute atomic E-state index is 0.367. The Morgan fingerprint density at radius 1 is 1.53 bits per heavy atom. The third kappa shape index (κ3) is 2.05. The van der Waals surface area contributed by atoms with E-state index in [-0.39, 0.29) is 5.94 Å². The van der Waals surface area contributed by atoms with Crippen LogP contribution in [0.15, 0.2) is 18.2 Å². The van der Waals surface area contributed by atoms with Gasteiger partial charge in [0.2, 0.25) is 5.94 Å². The maximum atomic E-state index is 11.2. The van der Waals surface area contributed by atoms with Crippen molar-refractivity contribution in [1.82, 2.24) is 0 Å². The Hall–Kier alpha value is -1.27. The lowest BCUT2D eigenvalue weighted by Gasteiger charge is -2.20. The number of rotatable bonds is 1. The van der Waals surface area contributed by atoms with Crippen molar-refractivity contribution in [2.24, 2.45) is 0 Å². The predicted octanol–water partition coefficient (Wildman–Crippen LogP) is 0.831. The first-order chi connectivity index (χ1) is 6.98. The molecular weight excluding hydrogens is 218 g/mol. The quantitative estimate of drug-likeness (QED) is 0.748. The highest BCUT2D eigenvalue weighted by Gasteiger charge is 2.21. The van der Waals surface area contributed by atoms with Gasteiger partial charge in [0.15, 0.2) is 0 Å². The Morgan fingerprint density at radius 2 is 2.27 bits per heavy atom. The van der Waals surface area contributed by atoms with E-state index >= 15 is 0 Å². The summed E-state index contributed by atoms with van der Waals surface area (Å²) < 4.78 is 29.8. The van der Waals surface area contributed by atoms with Crippen LogP contribution < -0.4 is 9.46 Å². The van der Waals surface area contributed by atoms with E-state index in [1.807, 2.05) is 0 Å². The first-order valence-corrected chi connectivity index (χ1v) is 6.08. The number of sulfonamides is 1. The van der Waals surface area contributed by atoms with Crippen LogP contribution in [0, 0.1) is 0 Å². The zero-order chi connectivity index (χ0) is 11.1. The van der Waals surface area contributed by atoms with E-state index in [9.17, 15) is 13.5 Å². The molecule has 1 aromatic carbocycles. The van der Waals surface area contributed by atoms with Crippen LogP contribution in [0.5, 0.6) is 5.75 Å². The summed E-state index contributed by atoms with van der Waals surface area (Å²) in [7, 11) is -3.39. The van der Waals surface area contributed by atoms with Crippen LogP contribution in [0.3, 0.4) is 0 Å². The molecule has 2 N–H and O–H groups in total. The summed E-state index contributed by atoms with van der Waals surface area (Å²) in [5.41, 5.74) is 1.02. The van der Waals surface area contributed by atoms with Crippen molar-refractivity contribution in [2.75, 3.05) is 10.7 Å². The second-order valence-electron chi connectivity index (χ2n) is 3.41. The zero-order valence-electron chi connectivity index (χ0n) is 8.10. The van der Waals surface area contributed by atoms with E-state index in [4.69, 9.17) is 4.74 Å². The summed E-state index contributed by atoms with van der Waals surface area (Å²) >= 11 is 0. The monoisotopic (exact) mass is 229 g/mol. The molecule has 1 aromatic rings. The number of anilines is 1. The number of nitrogens with one attached hydrogen (secondary N) is 1. The highest BCUT2D eigenvalue weighted by Crippen LogP contribution is 2.31. The molecular formula is C9H11NO4S. The Kier molecular flexibility index (Phi) is 2.32. The van der Waals surface area contributed by atoms with E-state index in [0.717, 1.165) is 0 Å². The molecule has 1 aliphatic rings. The number of aliphatic hydroxyl groups is 1. The van der Waals surface area contributed by atoms with Crippen LogP contribution in [-0.4, -0.2) is 19.5 Å². The molecule has 6 heteroatoms. The number of fused-ring (bicyclic) bond motifs is 1. The van der Waals surface area contributed by atoms with Gasteiger partial charge in [-0.05, 0) is 24.6 Å². The molecule has 0 spiro atoms. The lowest BCUT2D eigenvalue weighted by molar-refractivity contribution is 0.199. The van der Waals surface area contributed by atoms with Gasteiger partial charge in [-0.25, -0.2) is 8.42 Å². The largest absolute Gasteiger partial charge is 0.474 e. The Labute approximate surface area is 87.7 Å². The van der Waals surface area contributed by atoms with Crippen molar-refractivity contribution in [3.05, 3.63) is 23.8 Å². The minimum atomic E-state index is -3.39. The molecule has 0 radical (unpaired) electrons. The lowest BCUT2D eigenvalue weighted by atomic mass is 10.1. The molecule has 1 aliphatic heterocycles.